The molecule has 1 aliphatic rings. The van der Waals surface area contributed by atoms with Gasteiger partial charge in [0.05, 0.1) is 18.0 Å². The number of nitrogens with one attached hydrogen (secondary N) is 1. The highest BCUT2D eigenvalue weighted by Crippen LogP contribution is 2.25. The Morgan fingerprint density at radius 3 is 2.52 bits per heavy atom. The van der Waals surface area contributed by atoms with Crippen LogP contribution >= 0.6 is 11.6 Å². The quantitative estimate of drug-likeness (QED) is 0.290. The number of benzene rings is 3. The topological polar surface area (TPSA) is 114 Å². The summed E-state index contributed by atoms with van der Waals surface area (Å²) in [6.07, 6.45) is 1.12. The maximum atomic E-state index is 13.7. The highest BCUT2D eigenvalue weighted by atomic mass is 35.5. The summed E-state index contributed by atoms with van der Waals surface area (Å²) >= 11 is 6.03. The van der Waals surface area contributed by atoms with Gasteiger partial charge in [-0.15, -0.1) is 0 Å². The number of aromatic nitrogens is 2. The standard InChI is InChI=1S/C30H29ClN4O5/c31-24-8-4-5-20(15-24)17-32-28(36)22-9-10-23-18-35(33-27(23)16-22)19-26(21-6-2-1-3-7-21)29(37)34-13-11-25(12-14-34)40-30(38)39/h1-10,15-16,18,25-26H,11-14,17,19H2,(H,32,36)(H,38,39). The molecule has 1 saturated heterocycles. The predicted octanol–water partition coefficient (Wildman–Crippen LogP) is 5.09. The Morgan fingerprint density at radius 2 is 1.80 bits per heavy atom. The van der Waals surface area contributed by atoms with Gasteiger partial charge in [0.15, 0.2) is 0 Å². The number of rotatable bonds is 8. The normalized spacial score (nSPS) is 14.6. The number of fused-ring (bicyclic) bond motifs is 1. The van der Waals surface area contributed by atoms with Crippen LogP contribution in [0.15, 0.2) is 79.0 Å². The summed E-state index contributed by atoms with van der Waals surface area (Å²) in [7, 11) is 0. The number of ether oxygens (including phenoxy) is 1. The van der Waals surface area contributed by atoms with Crippen molar-refractivity contribution in [3.8, 4) is 0 Å². The zero-order valence-corrected chi connectivity index (χ0v) is 22.5. The van der Waals surface area contributed by atoms with Crippen LogP contribution in [0.1, 0.15) is 40.2 Å². The van der Waals surface area contributed by atoms with Crippen LogP contribution in [-0.4, -0.2) is 57.0 Å². The number of piperidine rings is 1. The summed E-state index contributed by atoms with van der Waals surface area (Å²) in [5.74, 6) is -0.738. The Kier molecular flexibility index (Phi) is 8.31. The fraction of sp³-hybridized carbons (Fsp3) is 0.267. The van der Waals surface area contributed by atoms with E-state index in [0.717, 1.165) is 16.5 Å². The van der Waals surface area contributed by atoms with Gasteiger partial charge >= 0.3 is 6.16 Å². The summed E-state index contributed by atoms with van der Waals surface area (Å²) in [5, 5.41) is 18.0. The third-order valence-corrected chi connectivity index (χ3v) is 7.28. The van der Waals surface area contributed by atoms with E-state index in [1.165, 1.54) is 0 Å². The molecule has 40 heavy (non-hydrogen) atoms. The van der Waals surface area contributed by atoms with Gasteiger partial charge in [-0.1, -0.05) is 60.1 Å². The van der Waals surface area contributed by atoms with Crippen LogP contribution in [0.3, 0.4) is 0 Å². The molecule has 0 saturated carbocycles. The molecule has 2 N–H and O–H groups in total. The van der Waals surface area contributed by atoms with Crippen LogP contribution in [-0.2, 0) is 22.6 Å². The Morgan fingerprint density at radius 1 is 1.02 bits per heavy atom. The maximum absolute atomic E-state index is 13.7. The van der Waals surface area contributed by atoms with E-state index >= 15 is 0 Å². The van der Waals surface area contributed by atoms with Gasteiger partial charge in [-0.3, -0.25) is 14.3 Å². The zero-order valence-electron chi connectivity index (χ0n) is 21.7. The highest BCUT2D eigenvalue weighted by Gasteiger charge is 2.31. The second-order valence-electron chi connectivity index (χ2n) is 9.81. The third-order valence-electron chi connectivity index (χ3n) is 7.05. The van der Waals surface area contributed by atoms with E-state index < -0.39 is 18.2 Å². The highest BCUT2D eigenvalue weighted by molar-refractivity contribution is 6.30. The van der Waals surface area contributed by atoms with E-state index in [1.807, 2.05) is 60.8 Å². The van der Waals surface area contributed by atoms with Gasteiger partial charge in [-0.2, -0.15) is 5.10 Å². The molecule has 1 fully saturated rings. The lowest BCUT2D eigenvalue weighted by atomic mass is 9.96. The average molecular weight is 561 g/mol. The first kappa shape index (κ1) is 27.2. The number of halogens is 1. The maximum Gasteiger partial charge on any atom is 0.506 e. The van der Waals surface area contributed by atoms with Crippen molar-refractivity contribution in [2.75, 3.05) is 13.1 Å². The summed E-state index contributed by atoms with van der Waals surface area (Å²) in [6, 6.07) is 22.2. The molecular formula is C30H29ClN4O5. The minimum absolute atomic E-state index is 0.0411. The van der Waals surface area contributed by atoms with Gasteiger partial charge in [0.2, 0.25) is 5.91 Å². The molecule has 206 valence electrons. The summed E-state index contributed by atoms with van der Waals surface area (Å²) < 4.78 is 6.64. The second kappa shape index (κ2) is 12.2. The molecule has 0 bridgehead atoms. The van der Waals surface area contributed by atoms with Crippen LogP contribution in [0.25, 0.3) is 10.9 Å². The minimum Gasteiger partial charge on any atom is -0.450 e. The van der Waals surface area contributed by atoms with Crippen LogP contribution in [0.4, 0.5) is 4.79 Å². The Labute approximate surface area is 236 Å². The van der Waals surface area contributed by atoms with Crippen molar-refractivity contribution >= 4 is 40.5 Å². The van der Waals surface area contributed by atoms with Crippen molar-refractivity contribution in [2.45, 2.75) is 38.0 Å². The molecule has 10 heteroatoms. The fourth-order valence-corrected chi connectivity index (χ4v) is 5.20. The molecular weight excluding hydrogens is 532 g/mol. The number of carbonyl (C=O) groups excluding carboxylic acids is 2. The largest absolute Gasteiger partial charge is 0.506 e. The Hall–Kier alpha value is -4.37. The van der Waals surface area contributed by atoms with Crippen LogP contribution in [0, 0.1) is 0 Å². The number of likely N-dealkylation sites (tertiary alicyclic amines) is 1. The lowest BCUT2D eigenvalue weighted by Gasteiger charge is -2.33. The van der Waals surface area contributed by atoms with E-state index in [4.69, 9.17) is 21.4 Å². The van der Waals surface area contributed by atoms with Crippen LogP contribution in [0.2, 0.25) is 5.02 Å². The molecule has 1 unspecified atom stereocenters. The van der Waals surface area contributed by atoms with Crippen LogP contribution < -0.4 is 5.32 Å². The molecule has 0 spiro atoms. The predicted molar refractivity (Wildman–Crippen MR) is 150 cm³/mol. The number of nitrogens with zero attached hydrogens (tertiary/aromatic N) is 3. The second-order valence-corrected chi connectivity index (χ2v) is 10.2. The van der Waals surface area contributed by atoms with Crippen LogP contribution in [0.5, 0.6) is 0 Å². The smallest absolute Gasteiger partial charge is 0.450 e. The first-order valence-electron chi connectivity index (χ1n) is 13.1. The molecule has 0 aliphatic carbocycles. The summed E-state index contributed by atoms with van der Waals surface area (Å²) in [6.45, 7) is 1.52. The number of carboxylic acid groups (broad SMARTS) is 1. The van der Waals surface area contributed by atoms with E-state index in [0.29, 0.717) is 55.1 Å². The van der Waals surface area contributed by atoms with Gasteiger partial charge in [0, 0.05) is 54.6 Å². The molecule has 1 aromatic heterocycles. The summed E-state index contributed by atoms with van der Waals surface area (Å²) in [5.41, 5.74) is 2.92. The monoisotopic (exact) mass is 560 g/mol. The number of amides is 2. The molecule has 5 rings (SSSR count). The van der Waals surface area contributed by atoms with Gasteiger partial charge in [0.25, 0.3) is 5.91 Å². The van der Waals surface area contributed by atoms with Gasteiger partial charge in [0.1, 0.15) is 6.10 Å². The van der Waals surface area contributed by atoms with Crippen molar-refractivity contribution in [2.24, 2.45) is 0 Å². The molecule has 2 amide bonds. The third kappa shape index (κ3) is 6.60. The van der Waals surface area contributed by atoms with Crippen molar-refractivity contribution in [3.05, 3.63) is 101 Å². The van der Waals surface area contributed by atoms with Gasteiger partial charge < -0.3 is 20.1 Å². The molecule has 3 aromatic carbocycles. The number of hydrogen-bond acceptors (Lipinski definition) is 5. The molecule has 1 aliphatic heterocycles. The van der Waals surface area contributed by atoms with Crippen molar-refractivity contribution < 1.29 is 24.2 Å². The molecule has 4 aromatic rings. The first-order valence-corrected chi connectivity index (χ1v) is 13.5. The molecule has 2 heterocycles. The lowest BCUT2D eigenvalue weighted by molar-refractivity contribution is -0.135. The summed E-state index contributed by atoms with van der Waals surface area (Å²) in [4.78, 5) is 39.1. The Bertz CT molecular complexity index is 1520. The number of hydrogen-bond donors (Lipinski definition) is 2. The van der Waals surface area contributed by atoms with Gasteiger partial charge in [-0.05, 0) is 35.4 Å². The first-order chi connectivity index (χ1) is 19.4. The number of carbonyl (C=O) groups is 3. The van der Waals surface area contributed by atoms with Crippen molar-refractivity contribution in [1.82, 2.24) is 20.0 Å². The SMILES string of the molecule is O=C(O)OC1CCN(C(=O)C(Cn2cc3ccc(C(=O)NCc4cccc(Cl)c4)cc3n2)c2ccccc2)CC1. The minimum atomic E-state index is -1.29. The lowest BCUT2D eigenvalue weighted by Crippen LogP contribution is -2.44. The van der Waals surface area contributed by atoms with E-state index in [2.05, 4.69) is 10.4 Å². The molecule has 1 atom stereocenters. The molecule has 9 nitrogen and oxygen atoms in total. The Balaban J connectivity index is 1.30. The van der Waals surface area contributed by atoms with Gasteiger partial charge in [-0.25, -0.2) is 4.79 Å². The fourth-order valence-electron chi connectivity index (χ4n) is 4.99. The zero-order chi connectivity index (χ0) is 28.1. The average Bonchev–Trinajstić information content (AvgIpc) is 3.37. The van der Waals surface area contributed by atoms with E-state index in [-0.39, 0.29) is 11.8 Å². The molecule has 0 radical (unpaired) electrons. The van der Waals surface area contributed by atoms with E-state index in [9.17, 15) is 14.4 Å². The van der Waals surface area contributed by atoms with E-state index in [1.54, 1.807) is 27.8 Å². The van der Waals surface area contributed by atoms with Crippen molar-refractivity contribution in [1.29, 1.82) is 0 Å². The van der Waals surface area contributed by atoms with Crippen molar-refractivity contribution in [3.63, 3.8) is 0 Å².